The van der Waals surface area contributed by atoms with Gasteiger partial charge < -0.3 is 26.2 Å². The van der Waals surface area contributed by atoms with Crippen LogP contribution in [-0.4, -0.2) is 79.7 Å². The summed E-state index contributed by atoms with van der Waals surface area (Å²) >= 11 is 0. The number of nitrogen functional groups attached to an aromatic ring is 1. The molecule has 0 aliphatic carbocycles. The van der Waals surface area contributed by atoms with Gasteiger partial charge in [-0.25, -0.2) is 0 Å². The third kappa shape index (κ3) is 9.99. The summed E-state index contributed by atoms with van der Waals surface area (Å²) in [5, 5.41) is 6.87. The van der Waals surface area contributed by atoms with Crippen molar-refractivity contribution in [2.75, 3.05) is 75.9 Å². The van der Waals surface area contributed by atoms with Gasteiger partial charge in [-0.1, -0.05) is 50.5 Å². The number of nitrogens with zero attached hydrogens (tertiary/aromatic N) is 5. The second kappa shape index (κ2) is 14.9. The van der Waals surface area contributed by atoms with Crippen LogP contribution in [0.5, 0.6) is 0 Å². The Hall–Kier alpha value is -2.42. The number of nitrogens with two attached hydrogens (primary N) is 1. The Balaban J connectivity index is 1.43. The van der Waals surface area contributed by atoms with Gasteiger partial charge in [0.05, 0.1) is 0 Å². The number of piperazine rings is 1. The van der Waals surface area contributed by atoms with Crippen LogP contribution in [0.2, 0.25) is 0 Å². The molecule has 4 N–H and O–H groups in total. The molecule has 0 atom stereocenters. The maximum atomic E-state index is 6.12. The maximum Gasteiger partial charge on any atom is 0.226 e. The molecule has 2 heterocycles. The average Bonchev–Trinajstić information content (AvgIpc) is 2.86. The van der Waals surface area contributed by atoms with E-state index in [0.717, 1.165) is 58.1 Å². The van der Waals surface area contributed by atoms with Gasteiger partial charge in [0.15, 0.2) is 0 Å². The molecular formula is C27H46N8. The normalized spacial score (nSPS) is 14.6. The smallest absolute Gasteiger partial charge is 0.226 e. The quantitative estimate of drug-likeness (QED) is 0.333. The van der Waals surface area contributed by atoms with Crippen molar-refractivity contribution in [3.63, 3.8) is 0 Å². The van der Waals surface area contributed by atoms with Gasteiger partial charge in [-0.3, -0.25) is 4.90 Å². The molecule has 2 aromatic rings. The zero-order valence-electron chi connectivity index (χ0n) is 22.1. The van der Waals surface area contributed by atoms with E-state index in [4.69, 9.17) is 10.7 Å². The Labute approximate surface area is 212 Å². The number of aromatic nitrogens is 2. The van der Waals surface area contributed by atoms with Crippen LogP contribution in [-0.2, 0) is 13.1 Å². The second-order valence-corrected chi connectivity index (χ2v) is 9.87. The molecule has 0 unspecified atom stereocenters. The highest BCUT2D eigenvalue weighted by molar-refractivity contribution is 5.52. The van der Waals surface area contributed by atoms with Crippen molar-refractivity contribution in [2.45, 2.75) is 52.1 Å². The molecule has 1 saturated heterocycles. The van der Waals surface area contributed by atoms with Crippen LogP contribution in [0.15, 0.2) is 30.3 Å². The molecule has 8 nitrogen and oxygen atoms in total. The molecule has 1 fully saturated rings. The summed E-state index contributed by atoms with van der Waals surface area (Å²) in [5.74, 6) is 2.02. The highest BCUT2D eigenvalue weighted by Gasteiger charge is 2.18. The Morgan fingerprint density at radius 1 is 0.914 bits per heavy atom. The lowest BCUT2D eigenvalue weighted by atomic mass is 10.1. The molecule has 3 rings (SSSR count). The predicted octanol–water partition coefficient (Wildman–Crippen LogP) is 3.41. The number of nitrogens with one attached hydrogen (secondary N) is 2. The number of anilines is 3. The van der Waals surface area contributed by atoms with Crippen LogP contribution < -0.4 is 21.3 Å². The van der Waals surface area contributed by atoms with Crippen molar-refractivity contribution in [2.24, 2.45) is 0 Å². The first-order valence-corrected chi connectivity index (χ1v) is 13.3. The van der Waals surface area contributed by atoms with Crippen molar-refractivity contribution >= 4 is 17.6 Å². The first-order valence-electron chi connectivity index (χ1n) is 13.3. The molecular weight excluding hydrogens is 436 g/mol. The number of unbranched alkanes of at least 4 members (excludes halogenated alkanes) is 3. The van der Waals surface area contributed by atoms with E-state index in [0.29, 0.717) is 18.3 Å². The van der Waals surface area contributed by atoms with Crippen molar-refractivity contribution < 1.29 is 0 Å². The maximum absolute atomic E-state index is 6.12. The molecule has 0 saturated carbocycles. The van der Waals surface area contributed by atoms with E-state index < -0.39 is 0 Å². The van der Waals surface area contributed by atoms with Gasteiger partial charge >= 0.3 is 0 Å². The molecule has 1 aliphatic rings. The minimum absolute atomic E-state index is 0.509. The van der Waals surface area contributed by atoms with E-state index in [1.54, 1.807) is 0 Å². The molecule has 0 bridgehead atoms. The van der Waals surface area contributed by atoms with Gasteiger partial charge in [0, 0.05) is 45.3 Å². The van der Waals surface area contributed by atoms with Crippen molar-refractivity contribution in [1.82, 2.24) is 25.1 Å². The van der Waals surface area contributed by atoms with E-state index in [9.17, 15) is 0 Å². The van der Waals surface area contributed by atoms with Gasteiger partial charge in [-0.05, 0) is 57.7 Å². The molecule has 35 heavy (non-hydrogen) atoms. The second-order valence-electron chi connectivity index (χ2n) is 9.87. The number of hydrogen-bond donors (Lipinski definition) is 3. The third-order valence-electron chi connectivity index (χ3n) is 6.52. The molecule has 1 aliphatic heterocycles. The minimum Gasteiger partial charge on any atom is -0.383 e. The summed E-state index contributed by atoms with van der Waals surface area (Å²) in [5.41, 5.74) is 8.62. The topological polar surface area (TPSA) is 85.6 Å². The van der Waals surface area contributed by atoms with Crippen LogP contribution in [0.3, 0.4) is 0 Å². The lowest BCUT2D eigenvalue weighted by Crippen LogP contribution is -2.47. The van der Waals surface area contributed by atoms with Gasteiger partial charge in [0.25, 0.3) is 0 Å². The minimum atomic E-state index is 0.509. The van der Waals surface area contributed by atoms with Crippen molar-refractivity contribution in [3.05, 3.63) is 41.5 Å². The molecule has 1 aromatic carbocycles. The lowest BCUT2D eigenvalue weighted by molar-refractivity contribution is 0.251. The number of rotatable bonds is 15. The number of hydrogen-bond acceptors (Lipinski definition) is 8. The fourth-order valence-electron chi connectivity index (χ4n) is 4.37. The molecule has 194 valence electrons. The van der Waals surface area contributed by atoms with E-state index in [1.807, 2.05) is 6.07 Å². The van der Waals surface area contributed by atoms with E-state index in [-0.39, 0.29) is 0 Å². The van der Waals surface area contributed by atoms with Gasteiger partial charge in [-0.15, -0.1) is 0 Å². The van der Waals surface area contributed by atoms with Crippen molar-refractivity contribution in [1.29, 1.82) is 0 Å². The molecule has 0 amide bonds. The molecule has 0 spiro atoms. The Morgan fingerprint density at radius 2 is 1.63 bits per heavy atom. The van der Waals surface area contributed by atoms with E-state index in [2.05, 4.69) is 75.6 Å². The van der Waals surface area contributed by atoms with Crippen LogP contribution in [0.25, 0.3) is 0 Å². The average molecular weight is 483 g/mol. The van der Waals surface area contributed by atoms with Gasteiger partial charge in [-0.2, -0.15) is 9.97 Å². The fourth-order valence-corrected chi connectivity index (χ4v) is 4.37. The highest BCUT2D eigenvalue weighted by Crippen LogP contribution is 2.19. The summed E-state index contributed by atoms with van der Waals surface area (Å²) in [6, 6.07) is 10.6. The van der Waals surface area contributed by atoms with Crippen molar-refractivity contribution in [3.8, 4) is 0 Å². The molecule has 0 radical (unpaired) electrons. The van der Waals surface area contributed by atoms with Crippen LogP contribution in [0.4, 0.5) is 17.6 Å². The van der Waals surface area contributed by atoms with E-state index >= 15 is 0 Å². The third-order valence-corrected chi connectivity index (χ3v) is 6.52. The monoisotopic (exact) mass is 482 g/mol. The Bertz CT molecular complexity index is 847. The van der Waals surface area contributed by atoms with Gasteiger partial charge in [0.1, 0.15) is 11.6 Å². The first-order chi connectivity index (χ1) is 17.0. The summed E-state index contributed by atoms with van der Waals surface area (Å²) in [4.78, 5) is 16.3. The highest BCUT2D eigenvalue weighted by atomic mass is 15.3. The zero-order chi connectivity index (χ0) is 24.9. The zero-order valence-corrected chi connectivity index (χ0v) is 22.1. The summed E-state index contributed by atoms with van der Waals surface area (Å²) in [6.45, 7) is 11.3. The summed E-state index contributed by atoms with van der Waals surface area (Å²) in [7, 11) is 4.22. The van der Waals surface area contributed by atoms with Crippen LogP contribution in [0, 0.1) is 0 Å². The standard InChI is InChI=1S/C27H46N8/c1-4-5-6-7-15-34-16-18-35(19-17-34)26-20-25(28)31-27(32-26)30-22-24-11-9-23(10-12-24)21-29-13-8-14-33(2)3/h9-12,20,29H,4-8,13-19,21-22H2,1-3H3,(H3,28,30,31,32). The Morgan fingerprint density at radius 3 is 2.31 bits per heavy atom. The summed E-state index contributed by atoms with van der Waals surface area (Å²) < 4.78 is 0. The SMILES string of the molecule is CCCCCCN1CCN(c2cc(N)nc(NCc3ccc(CNCCCN(C)C)cc3)n2)CC1. The van der Waals surface area contributed by atoms with Gasteiger partial charge in [0.2, 0.25) is 5.95 Å². The molecule has 8 heteroatoms. The fraction of sp³-hybridized carbons (Fsp3) is 0.630. The predicted molar refractivity (Wildman–Crippen MR) is 148 cm³/mol. The number of benzene rings is 1. The lowest BCUT2D eigenvalue weighted by Gasteiger charge is -2.35. The largest absolute Gasteiger partial charge is 0.383 e. The molecule has 1 aromatic heterocycles. The first kappa shape index (κ1) is 27.2. The van der Waals surface area contributed by atoms with E-state index in [1.165, 1.54) is 43.4 Å². The van der Waals surface area contributed by atoms with Crippen LogP contribution in [0.1, 0.15) is 50.2 Å². The van der Waals surface area contributed by atoms with Crippen LogP contribution >= 0.6 is 0 Å². The summed E-state index contributed by atoms with van der Waals surface area (Å²) in [6.07, 6.45) is 6.43. The Kier molecular flexibility index (Phi) is 11.5.